The van der Waals surface area contributed by atoms with E-state index in [1.165, 1.54) is 48.8 Å². The number of carbonyl (C=O) groups excluding carboxylic acids is 3. The maximum absolute atomic E-state index is 13.8. The van der Waals surface area contributed by atoms with Crippen molar-refractivity contribution < 1.29 is 19.1 Å². The summed E-state index contributed by atoms with van der Waals surface area (Å²) in [5, 5.41) is -0.244. The maximum atomic E-state index is 13.8. The van der Waals surface area contributed by atoms with E-state index >= 15 is 0 Å². The molecule has 0 aliphatic heterocycles. The van der Waals surface area contributed by atoms with E-state index in [1.807, 2.05) is 0 Å². The minimum Gasteiger partial charge on any atom is -0.466 e. The Morgan fingerprint density at radius 2 is 1.31 bits per heavy atom. The molecule has 0 aliphatic rings. The number of pyridine rings is 1. The summed E-state index contributed by atoms with van der Waals surface area (Å²) in [6, 6.07) is 11.9. The molecule has 1 aromatic heterocycles. The molecule has 1 atom stereocenters. The molecule has 13 heteroatoms. The average Bonchev–Trinajstić information content (AvgIpc) is 2.79. The standard InChI is InChI=1S/C23H17Cl4N3O4.2ClH/c1-34-22(33)23(28,11-13-5-4-10-29-12-13)30(20(31)18-14(24)6-2-7-15(18)25)21(32)19-16(26)8-3-9-17(19)27;;/h2-10,12H,11,28H2,1H3;2*1H. The molecule has 0 saturated heterocycles. The number of halogens is 6. The third-order valence-corrected chi connectivity index (χ3v) is 6.15. The van der Waals surface area contributed by atoms with E-state index in [0.717, 1.165) is 7.11 Å². The second-order valence-corrected chi connectivity index (χ2v) is 8.72. The minimum atomic E-state index is -2.35. The molecule has 1 heterocycles. The van der Waals surface area contributed by atoms with Gasteiger partial charge in [-0.1, -0.05) is 64.6 Å². The van der Waals surface area contributed by atoms with E-state index in [1.54, 1.807) is 12.1 Å². The van der Waals surface area contributed by atoms with E-state index in [4.69, 9.17) is 56.9 Å². The van der Waals surface area contributed by atoms with E-state index in [2.05, 4.69) is 4.98 Å². The Hall–Kier alpha value is -2.10. The molecule has 3 aromatic rings. The van der Waals surface area contributed by atoms with Crippen molar-refractivity contribution in [1.29, 1.82) is 0 Å². The molecule has 2 N–H and O–H groups in total. The molecule has 2 aromatic carbocycles. The Balaban J connectivity index is 0.00000324. The fraction of sp³-hybridized carbons (Fsp3) is 0.130. The second-order valence-electron chi connectivity index (χ2n) is 7.09. The molecule has 0 saturated carbocycles. The van der Waals surface area contributed by atoms with Gasteiger partial charge in [-0.15, -0.1) is 24.8 Å². The van der Waals surface area contributed by atoms with Crippen LogP contribution in [0.2, 0.25) is 20.1 Å². The second kappa shape index (κ2) is 13.4. The number of hydrogen-bond acceptors (Lipinski definition) is 6. The van der Waals surface area contributed by atoms with Crippen LogP contribution in [0, 0.1) is 0 Å². The van der Waals surface area contributed by atoms with Crippen molar-refractivity contribution >= 4 is 89.0 Å². The number of aromatic nitrogens is 1. The number of methoxy groups -OCH3 is 1. The van der Waals surface area contributed by atoms with Gasteiger partial charge < -0.3 is 4.74 Å². The third kappa shape index (κ3) is 6.42. The quantitative estimate of drug-likeness (QED) is 0.211. The van der Waals surface area contributed by atoms with E-state index in [9.17, 15) is 14.4 Å². The molecule has 7 nitrogen and oxygen atoms in total. The van der Waals surface area contributed by atoms with Crippen molar-refractivity contribution in [2.45, 2.75) is 12.1 Å². The Morgan fingerprint density at radius 3 is 1.67 bits per heavy atom. The fourth-order valence-corrected chi connectivity index (χ4v) is 4.43. The molecule has 0 aliphatic carbocycles. The zero-order chi connectivity index (χ0) is 25.0. The zero-order valence-corrected chi connectivity index (χ0v) is 23.1. The van der Waals surface area contributed by atoms with Gasteiger partial charge in [-0.05, 0) is 35.9 Å². The largest absolute Gasteiger partial charge is 0.466 e. The Morgan fingerprint density at radius 1 is 0.861 bits per heavy atom. The van der Waals surface area contributed by atoms with Crippen molar-refractivity contribution in [2.75, 3.05) is 7.11 Å². The third-order valence-electron chi connectivity index (χ3n) is 4.89. The van der Waals surface area contributed by atoms with Crippen molar-refractivity contribution in [3.05, 3.63) is 97.7 Å². The first-order valence-electron chi connectivity index (χ1n) is 9.65. The van der Waals surface area contributed by atoms with E-state index in [-0.39, 0.29) is 62.5 Å². The number of hydrogen-bond donors (Lipinski definition) is 1. The molecule has 3 rings (SSSR count). The van der Waals surface area contributed by atoms with Gasteiger partial charge in [-0.25, -0.2) is 9.69 Å². The molecule has 0 radical (unpaired) electrons. The first kappa shape index (κ1) is 31.9. The van der Waals surface area contributed by atoms with Gasteiger partial charge >= 0.3 is 5.97 Å². The van der Waals surface area contributed by atoms with Crippen molar-refractivity contribution in [1.82, 2.24) is 9.88 Å². The van der Waals surface area contributed by atoms with E-state index in [0.29, 0.717) is 10.5 Å². The summed E-state index contributed by atoms with van der Waals surface area (Å²) >= 11 is 25.0. The zero-order valence-electron chi connectivity index (χ0n) is 18.4. The lowest BCUT2D eigenvalue weighted by Crippen LogP contribution is -2.67. The number of ether oxygens (including phenoxy) is 1. The molecule has 192 valence electrons. The number of benzene rings is 2. The molecule has 0 bridgehead atoms. The fourth-order valence-electron chi connectivity index (χ4n) is 3.32. The van der Waals surface area contributed by atoms with Gasteiger partial charge in [0.15, 0.2) is 0 Å². The summed E-state index contributed by atoms with van der Waals surface area (Å²) in [6.45, 7) is 0. The molecule has 0 fully saturated rings. The number of nitrogens with two attached hydrogens (primary N) is 1. The van der Waals surface area contributed by atoms with Gasteiger partial charge in [0.1, 0.15) is 0 Å². The summed E-state index contributed by atoms with van der Waals surface area (Å²) < 4.78 is 4.90. The molecule has 2 amide bonds. The van der Waals surface area contributed by atoms with Gasteiger partial charge in [0.05, 0.1) is 38.3 Å². The van der Waals surface area contributed by atoms with Gasteiger partial charge in [-0.3, -0.25) is 20.3 Å². The van der Waals surface area contributed by atoms with Crippen LogP contribution >= 0.6 is 71.2 Å². The highest BCUT2D eigenvalue weighted by Gasteiger charge is 2.50. The Kier molecular flexibility index (Phi) is 11.9. The van der Waals surface area contributed by atoms with E-state index < -0.39 is 23.4 Å². The summed E-state index contributed by atoms with van der Waals surface area (Å²) in [7, 11) is 1.07. The maximum Gasteiger partial charge on any atom is 0.347 e. The van der Waals surface area contributed by atoms with Gasteiger partial charge in [0.25, 0.3) is 11.8 Å². The predicted octanol–water partition coefficient (Wildman–Crippen LogP) is 5.89. The number of amides is 2. The van der Waals surface area contributed by atoms with Crippen molar-refractivity contribution in [2.24, 2.45) is 5.73 Å². The highest BCUT2D eigenvalue weighted by Crippen LogP contribution is 2.33. The van der Waals surface area contributed by atoms with Crippen molar-refractivity contribution in [3.8, 4) is 0 Å². The lowest BCUT2D eigenvalue weighted by Gasteiger charge is -2.37. The lowest BCUT2D eigenvalue weighted by atomic mass is 9.97. The van der Waals surface area contributed by atoms with Crippen LogP contribution in [0.3, 0.4) is 0 Å². The van der Waals surface area contributed by atoms with Gasteiger partial charge in [0.2, 0.25) is 5.66 Å². The SMILES string of the molecule is COC(=O)C(N)(Cc1cccnc1)N(C(=O)c1c(Cl)cccc1Cl)C(=O)c1c(Cl)cccc1Cl.Cl.Cl. The van der Waals surface area contributed by atoms with Crippen LogP contribution in [0.4, 0.5) is 0 Å². The van der Waals surface area contributed by atoms with Crippen LogP contribution in [0.5, 0.6) is 0 Å². The number of rotatable bonds is 6. The lowest BCUT2D eigenvalue weighted by molar-refractivity contribution is -0.152. The number of imide groups is 1. The van der Waals surface area contributed by atoms with Crippen LogP contribution < -0.4 is 5.73 Å². The summed E-state index contributed by atoms with van der Waals surface area (Å²) in [5.41, 5.74) is 4.12. The van der Waals surface area contributed by atoms with Crippen LogP contribution in [0.15, 0.2) is 60.9 Å². The Bertz CT molecular complexity index is 1160. The molecule has 0 spiro atoms. The van der Waals surface area contributed by atoms with Crippen LogP contribution in [-0.4, -0.2) is 40.4 Å². The normalized spacial score (nSPS) is 11.8. The number of nitrogens with zero attached hydrogens (tertiary/aromatic N) is 2. The molecular formula is C23H19Cl6N3O4. The Labute approximate surface area is 239 Å². The first-order chi connectivity index (χ1) is 16.1. The van der Waals surface area contributed by atoms with Crippen molar-refractivity contribution in [3.63, 3.8) is 0 Å². The topological polar surface area (TPSA) is 103 Å². The molecule has 1 unspecified atom stereocenters. The molecule has 36 heavy (non-hydrogen) atoms. The minimum absolute atomic E-state index is 0. The summed E-state index contributed by atoms with van der Waals surface area (Å²) in [5.74, 6) is -3.17. The van der Waals surface area contributed by atoms with Gasteiger partial charge in [-0.2, -0.15) is 0 Å². The summed E-state index contributed by atoms with van der Waals surface area (Å²) in [6.07, 6.45) is 2.61. The highest BCUT2D eigenvalue weighted by molar-refractivity contribution is 6.42. The highest BCUT2D eigenvalue weighted by atomic mass is 35.5. The predicted molar refractivity (Wildman–Crippen MR) is 145 cm³/mol. The number of esters is 1. The van der Waals surface area contributed by atoms with Crippen LogP contribution in [0.1, 0.15) is 26.3 Å². The average molecular weight is 614 g/mol. The first-order valence-corrected chi connectivity index (χ1v) is 11.2. The van der Waals surface area contributed by atoms with Crippen LogP contribution in [0.25, 0.3) is 0 Å². The monoisotopic (exact) mass is 611 g/mol. The summed E-state index contributed by atoms with van der Waals surface area (Å²) in [4.78, 5) is 45.2. The number of carbonyl (C=O) groups is 3. The molecular weight excluding hydrogens is 595 g/mol. The smallest absolute Gasteiger partial charge is 0.347 e. The van der Waals surface area contributed by atoms with Gasteiger partial charge in [0, 0.05) is 18.8 Å². The van der Waals surface area contributed by atoms with Crippen LogP contribution in [-0.2, 0) is 16.0 Å².